The van der Waals surface area contributed by atoms with Gasteiger partial charge in [0.05, 0.1) is 5.71 Å². The van der Waals surface area contributed by atoms with Gasteiger partial charge in [0.15, 0.2) is 0 Å². The highest BCUT2D eigenvalue weighted by Gasteiger charge is 2.26. The second kappa shape index (κ2) is 4.97. The van der Waals surface area contributed by atoms with Crippen molar-refractivity contribution in [3.63, 3.8) is 0 Å². The van der Waals surface area contributed by atoms with Gasteiger partial charge in [-0.25, -0.2) is 0 Å². The zero-order valence-electron chi connectivity index (χ0n) is 10.4. The molecule has 0 fully saturated rings. The first-order chi connectivity index (χ1) is 7.32. The fourth-order valence-electron chi connectivity index (χ4n) is 1.18. The van der Waals surface area contributed by atoms with Crippen molar-refractivity contribution in [1.82, 2.24) is 4.98 Å². The molecule has 0 radical (unpaired) electrons. The molecule has 1 aromatic rings. The Balaban J connectivity index is 2.99. The van der Waals surface area contributed by atoms with E-state index in [9.17, 15) is 4.55 Å². The summed E-state index contributed by atoms with van der Waals surface area (Å²) in [5.41, 5.74) is 2.65. The average Bonchev–Trinajstić information content (AvgIpc) is 2.16. The molecule has 0 aromatic carbocycles. The number of aryl methyl sites for hydroxylation is 1. The highest BCUT2D eigenvalue weighted by Crippen LogP contribution is 2.18. The molecule has 0 saturated heterocycles. The Hall–Kier alpha value is -0.870. The Morgan fingerprint density at radius 1 is 1.44 bits per heavy atom. The molecular weight excluding hydrogens is 220 g/mol. The molecule has 0 aliphatic rings. The van der Waals surface area contributed by atoms with Crippen molar-refractivity contribution < 1.29 is 4.55 Å². The van der Waals surface area contributed by atoms with Gasteiger partial charge >= 0.3 is 0 Å². The van der Waals surface area contributed by atoms with Crippen LogP contribution in [0.3, 0.4) is 0 Å². The van der Waals surface area contributed by atoms with Crippen LogP contribution in [0.5, 0.6) is 0 Å². The molecule has 1 rings (SSSR count). The van der Waals surface area contributed by atoms with E-state index >= 15 is 0 Å². The lowest BCUT2D eigenvalue weighted by Crippen LogP contribution is -2.26. The quantitative estimate of drug-likeness (QED) is 0.587. The van der Waals surface area contributed by atoms with Gasteiger partial charge in [-0.1, -0.05) is 4.40 Å². The highest BCUT2D eigenvalue weighted by molar-refractivity contribution is 7.91. The molecule has 0 amide bonds. The number of hydrogen-bond donors (Lipinski definition) is 0. The summed E-state index contributed by atoms with van der Waals surface area (Å²) in [5, 5.41) is 0. The number of aromatic nitrogens is 1. The maximum Gasteiger partial charge on any atom is 0.144 e. The minimum atomic E-state index is -1.22. The van der Waals surface area contributed by atoms with E-state index in [0.717, 1.165) is 17.0 Å². The van der Waals surface area contributed by atoms with Gasteiger partial charge in [-0.2, -0.15) is 0 Å². The summed E-state index contributed by atoms with van der Waals surface area (Å²) in [7, 11) is 0. The summed E-state index contributed by atoms with van der Waals surface area (Å²) in [4.78, 5) is 4.19. The lowest BCUT2D eigenvalue weighted by atomic mass is 10.1. The second-order valence-electron chi connectivity index (χ2n) is 4.67. The topological polar surface area (TPSA) is 48.3 Å². The third kappa shape index (κ3) is 3.32. The smallest absolute Gasteiger partial charge is 0.144 e. The summed E-state index contributed by atoms with van der Waals surface area (Å²) < 4.78 is 15.8. The number of pyridine rings is 1. The molecule has 1 unspecified atom stereocenters. The first-order valence-electron chi connectivity index (χ1n) is 5.21. The first kappa shape index (κ1) is 13.2. The van der Waals surface area contributed by atoms with E-state index in [4.69, 9.17) is 0 Å². The van der Waals surface area contributed by atoms with E-state index in [-0.39, 0.29) is 4.75 Å². The van der Waals surface area contributed by atoms with Crippen LogP contribution in [0.25, 0.3) is 0 Å². The molecule has 0 aliphatic carbocycles. The Morgan fingerprint density at radius 3 is 2.56 bits per heavy atom. The minimum Gasteiger partial charge on any atom is -0.591 e. The van der Waals surface area contributed by atoms with Crippen molar-refractivity contribution in [3.05, 3.63) is 29.6 Å². The summed E-state index contributed by atoms with van der Waals surface area (Å²) in [6, 6.07) is 3.81. The summed E-state index contributed by atoms with van der Waals surface area (Å²) >= 11 is -1.22. The van der Waals surface area contributed by atoms with Crippen molar-refractivity contribution in [2.45, 2.75) is 39.4 Å². The lowest BCUT2D eigenvalue weighted by Gasteiger charge is -2.18. The molecule has 4 heteroatoms. The minimum absolute atomic E-state index is 0.322. The Kier molecular flexibility index (Phi) is 4.10. The van der Waals surface area contributed by atoms with Gasteiger partial charge in [0.1, 0.15) is 16.1 Å². The van der Waals surface area contributed by atoms with Crippen LogP contribution in [0, 0.1) is 6.92 Å². The summed E-state index contributed by atoms with van der Waals surface area (Å²) in [5.74, 6) is 0. The predicted octanol–water partition coefficient (Wildman–Crippen LogP) is 2.66. The van der Waals surface area contributed by atoms with Crippen LogP contribution in [0.1, 0.15) is 39.0 Å². The molecule has 16 heavy (non-hydrogen) atoms. The SMILES string of the molecule is C/C(=N/[S+]([O-])C(C)(C)C)c1cccnc1C. The number of rotatable bonds is 2. The Labute approximate surface area is 100 Å². The lowest BCUT2D eigenvalue weighted by molar-refractivity contribution is 0.561. The van der Waals surface area contributed by atoms with Gasteiger partial charge in [0, 0.05) is 17.5 Å². The average molecular weight is 238 g/mol. The molecule has 0 aliphatic heterocycles. The molecule has 88 valence electrons. The molecule has 1 aromatic heterocycles. The first-order valence-corrected chi connectivity index (χ1v) is 6.32. The Morgan fingerprint density at radius 2 is 2.06 bits per heavy atom. The van der Waals surface area contributed by atoms with Crippen LogP contribution >= 0.6 is 0 Å². The highest BCUT2D eigenvalue weighted by atomic mass is 32.2. The molecule has 1 heterocycles. The fourth-order valence-corrected chi connectivity index (χ4v) is 1.80. The van der Waals surface area contributed by atoms with Crippen molar-refractivity contribution >= 4 is 17.1 Å². The van der Waals surface area contributed by atoms with Crippen LogP contribution in [0.4, 0.5) is 0 Å². The maximum atomic E-state index is 11.9. The van der Waals surface area contributed by atoms with Crippen molar-refractivity contribution in [3.8, 4) is 0 Å². The fraction of sp³-hybridized carbons (Fsp3) is 0.500. The van der Waals surface area contributed by atoms with E-state index in [2.05, 4.69) is 9.38 Å². The van der Waals surface area contributed by atoms with Gasteiger partial charge in [-0.3, -0.25) is 4.98 Å². The molecule has 0 bridgehead atoms. The predicted molar refractivity (Wildman–Crippen MR) is 69.1 cm³/mol. The summed E-state index contributed by atoms with van der Waals surface area (Å²) in [6.07, 6.45) is 1.74. The van der Waals surface area contributed by atoms with Gasteiger partial charge in [0.25, 0.3) is 0 Å². The van der Waals surface area contributed by atoms with E-state index in [1.54, 1.807) is 6.20 Å². The van der Waals surface area contributed by atoms with Gasteiger partial charge in [-0.05, 0) is 46.8 Å². The van der Waals surface area contributed by atoms with Gasteiger partial charge in [0.2, 0.25) is 0 Å². The van der Waals surface area contributed by atoms with Crippen molar-refractivity contribution in [2.24, 2.45) is 4.40 Å². The molecule has 3 nitrogen and oxygen atoms in total. The van der Waals surface area contributed by atoms with Gasteiger partial charge < -0.3 is 4.55 Å². The monoisotopic (exact) mass is 238 g/mol. The van der Waals surface area contributed by atoms with Crippen LogP contribution in [0.15, 0.2) is 22.7 Å². The standard InChI is InChI=1S/C12H18N2OS/c1-9-11(7-6-8-13-9)10(2)14-16(15)12(3,4)5/h6-8H,1-5H3/b14-10-. The molecular formula is C12H18N2OS. The number of nitrogens with zero attached hydrogens (tertiary/aromatic N) is 2. The maximum absolute atomic E-state index is 11.9. The largest absolute Gasteiger partial charge is 0.591 e. The number of hydrogen-bond acceptors (Lipinski definition) is 3. The second-order valence-corrected chi connectivity index (χ2v) is 6.58. The van der Waals surface area contributed by atoms with Crippen LogP contribution < -0.4 is 0 Å². The molecule has 0 N–H and O–H groups in total. The van der Waals surface area contributed by atoms with Crippen molar-refractivity contribution in [1.29, 1.82) is 0 Å². The molecule has 1 atom stereocenters. The Bertz CT molecular complexity index is 396. The third-order valence-corrected chi connectivity index (χ3v) is 3.63. The van der Waals surface area contributed by atoms with Gasteiger partial charge in [-0.15, -0.1) is 0 Å². The molecule has 0 saturated carbocycles. The molecule has 0 spiro atoms. The van der Waals surface area contributed by atoms with Crippen LogP contribution in [0.2, 0.25) is 0 Å². The van der Waals surface area contributed by atoms with E-state index in [1.807, 2.05) is 46.8 Å². The normalized spacial score (nSPS) is 15.0. The third-order valence-electron chi connectivity index (χ3n) is 2.14. The van der Waals surface area contributed by atoms with E-state index < -0.39 is 11.4 Å². The summed E-state index contributed by atoms with van der Waals surface area (Å²) in [6.45, 7) is 9.53. The van der Waals surface area contributed by atoms with Crippen LogP contribution in [-0.4, -0.2) is 20.0 Å². The van der Waals surface area contributed by atoms with Crippen molar-refractivity contribution in [2.75, 3.05) is 0 Å². The van der Waals surface area contributed by atoms with E-state index in [1.165, 1.54) is 0 Å². The van der Waals surface area contributed by atoms with Crippen LogP contribution in [-0.2, 0) is 11.4 Å². The zero-order chi connectivity index (χ0) is 12.3. The van der Waals surface area contributed by atoms with E-state index in [0.29, 0.717) is 0 Å². The zero-order valence-corrected chi connectivity index (χ0v) is 11.3.